The minimum Gasteiger partial charge on any atom is -0.481 e. The molecule has 3 aromatic carbocycles. The first-order valence-corrected chi connectivity index (χ1v) is 18.2. The number of carbonyl (C=O) groups is 4. The fourth-order valence-corrected chi connectivity index (χ4v) is 5.79. The number of fused-ring (bicyclic) bond motifs is 1. The number of terminal acetylenes is 2. The monoisotopic (exact) mass is 792 g/mol. The Labute approximate surface area is 324 Å². The van der Waals surface area contributed by atoms with Crippen LogP contribution in [0.5, 0.6) is 0 Å². The zero-order chi connectivity index (χ0) is 41.0. The SMILES string of the molecule is C#COP(=O)(OC#C)OCc1ccc(NC(=O)c2ccccc2Nc2nc(=O)c3nc(CNc4ccc(C(=O)N[C@@H](CCC(=O)O)C(C)=O)cc4)cnc3[nH]2)cc1. The molecule has 5 aromatic rings. The molecule has 0 saturated carbocycles. The number of Topliss-reactive ketones (excluding diaryl/α,β-unsaturated/α-hetero) is 1. The van der Waals surface area contributed by atoms with E-state index in [2.05, 4.69) is 50.3 Å². The van der Waals surface area contributed by atoms with E-state index in [1.165, 1.54) is 25.3 Å². The number of nitrogens with one attached hydrogen (secondary N) is 5. The number of hydrogen-bond acceptors (Lipinski definition) is 14. The Balaban J connectivity index is 1.19. The van der Waals surface area contributed by atoms with Gasteiger partial charge in [0.1, 0.15) is 12.2 Å². The van der Waals surface area contributed by atoms with E-state index in [1.54, 1.807) is 72.9 Å². The van der Waals surface area contributed by atoms with E-state index < -0.39 is 37.2 Å². The summed E-state index contributed by atoms with van der Waals surface area (Å²) in [7, 11) is -4.15. The Morgan fingerprint density at radius 3 is 2.28 bits per heavy atom. The van der Waals surface area contributed by atoms with E-state index in [0.29, 0.717) is 28.3 Å². The van der Waals surface area contributed by atoms with E-state index in [-0.39, 0.29) is 60.0 Å². The fraction of sp³-hybridized carbons (Fsp3) is 0.158. The number of carboxylic acids is 1. The van der Waals surface area contributed by atoms with E-state index >= 15 is 0 Å². The van der Waals surface area contributed by atoms with Gasteiger partial charge in [0, 0.05) is 23.4 Å². The highest BCUT2D eigenvalue weighted by Crippen LogP contribution is 2.49. The second-order valence-corrected chi connectivity index (χ2v) is 13.4. The van der Waals surface area contributed by atoms with Gasteiger partial charge >= 0.3 is 19.4 Å². The Morgan fingerprint density at radius 2 is 1.61 bits per heavy atom. The molecule has 2 aromatic heterocycles. The number of nitrogens with zero attached hydrogens (tertiary/aromatic N) is 3. The number of aromatic nitrogens is 4. The highest BCUT2D eigenvalue weighted by Gasteiger charge is 2.29. The van der Waals surface area contributed by atoms with Crippen molar-refractivity contribution < 1.29 is 42.4 Å². The molecule has 0 fully saturated rings. The number of para-hydroxylation sites is 1. The van der Waals surface area contributed by atoms with Crippen LogP contribution >= 0.6 is 7.82 Å². The molecule has 1 atom stereocenters. The molecule has 0 saturated heterocycles. The number of aliphatic carboxylic acids is 1. The largest absolute Gasteiger partial charge is 0.605 e. The number of aromatic amines is 1. The first-order valence-electron chi connectivity index (χ1n) is 16.8. The van der Waals surface area contributed by atoms with Crippen LogP contribution in [-0.4, -0.2) is 54.7 Å². The van der Waals surface area contributed by atoms with Crippen molar-refractivity contribution in [2.24, 2.45) is 0 Å². The van der Waals surface area contributed by atoms with Crippen LogP contribution in [0.2, 0.25) is 0 Å². The third kappa shape index (κ3) is 11.2. The maximum atomic E-state index is 13.3. The summed E-state index contributed by atoms with van der Waals surface area (Å²) in [6.45, 7) is 1.23. The number of carbonyl (C=O) groups excluding carboxylic acids is 3. The second-order valence-electron chi connectivity index (χ2n) is 11.9. The number of amides is 2. The first kappa shape index (κ1) is 40.7. The Kier molecular flexibility index (Phi) is 13.3. The molecule has 2 amide bonds. The highest BCUT2D eigenvalue weighted by molar-refractivity contribution is 7.48. The number of rotatable bonds is 18. The first-order chi connectivity index (χ1) is 27.4. The lowest BCUT2D eigenvalue weighted by molar-refractivity contribution is -0.137. The summed E-state index contributed by atoms with van der Waals surface area (Å²) in [6, 6.07) is 18.4. The van der Waals surface area contributed by atoms with Crippen LogP contribution in [0.4, 0.5) is 23.0 Å². The average molecular weight is 793 g/mol. The van der Waals surface area contributed by atoms with Crippen molar-refractivity contribution in [3.05, 3.63) is 112 Å². The summed E-state index contributed by atoms with van der Waals surface area (Å²) in [5.41, 5.74) is 2.27. The van der Waals surface area contributed by atoms with Crippen molar-refractivity contribution in [3.63, 3.8) is 0 Å². The van der Waals surface area contributed by atoms with Gasteiger partial charge in [-0.05, 0) is 67.4 Å². The van der Waals surface area contributed by atoms with Crippen LogP contribution in [0.15, 0.2) is 83.8 Å². The number of carboxylic acid groups (broad SMARTS) is 1. The molecule has 0 spiro atoms. The van der Waals surface area contributed by atoms with Gasteiger partial charge in [0.05, 0.1) is 42.3 Å². The summed E-state index contributed by atoms with van der Waals surface area (Å²) >= 11 is 0. The summed E-state index contributed by atoms with van der Waals surface area (Å²) in [6.07, 6.45) is 14.6. The van der Waals surface area contributed by atoms with Crippen molar-refractivity contribution >= 4 is 65.6 Å². The van der Waals surface area contributed by atoms with Gasteiger partial charge in [0.15, 0.2) is 16.9 Å². The standard InChI is InChI=1S/C38H33N8O10P/c1-4-54-57(53,55-5-2)56-22-24-10-14-27(15-11-24)42-36(51)29-8-6-7-9-31(29)44-38-45-34-33(37(52)46-38)41-28(21-40-34)20-39-26-16-12-25(13-17-26)35(50)43-30(23(3)47)18-19-32(48)49/h1-2,6-17,21,30,39H,18-20,22H2,3H3,(H,42,51)(H,43,50)(H,48,49)(H2,40,44,45,46,52)/t30-/m0/s1. The van der Waals surface area contributed by atoms with Crippen molar-refractivity contribution in [1.82, 2.24) is 25.3 Å². The molecule has 290 valence electrons. The molecule has 0 unspecified atom stereocenters. The highest BCUT2D eigenvalue weighted by atomic mass is 31.2. The van der Waals surface area contributed by atoms with E-state index in [1.807, 2.05) is 0 Å². The van der Waals surface area contributed by atoms with Gasteiger partial charge in [-0.15, -0.1) is 0 Å². The Bertz CT molecular complexity index is 2480. The van der Waals surface area contributed by atoms with Crippen molar-refractivity contribution in [2.75, 3.05) is 16.0 Å². The smallest absolute Gasteiger partial charge is 0.481 e. The van der Waals surface area contributed by atoms with Gasteiger partial charge in [-0.3, -0.25) is 28.5 Å². The molecule has 5 rings (SSSR count). The maximum Gasteiger partial charge on any atom is 0.605 e. The minimum absolute atomic E-state index is 0.0119. The molecule has 0 aliphatic rings. The molecule has 0 bridgehead atoms. The number of H-pyrrole nitrogens is 1. The van der Waals surface area contributed by atoms with E-state index in [0.717, 1.165) is 0 Å². The lowest BCUT2D eigenvalue weighted by Gasteiger charge is -2.15. The summed E-state index contributed by atoms with van der Waals surface area (Å²) in [5, 5.41) is 20.3. The number of benzene rings is 3. The van der Waals surface area contributed by atoms with Gasteiger partial charge in [-0.25, -0.2) is 14.5 Å². The lowest BCUT2D eigenvalue weighted by Crippen LogP contribution is -2.40. The minimum atomic E-state index is -4.15. The Hall–Kier alpha value is -7.53. The molecular weight excluding hydrogens is 759 g/mol. The third-order valence-electron chi connectivity index (χ3n) is 7.89. The lowest BCUT2D eigenvalue weighted by atomic mass is 10.1. The summed E-state index contributed by atoms with van der Waals surface area (Å²) in [5.74, 6) is -2.41. The molecule has 0 aliphatic carbocycles. The Morgan fingerprint density at radius 1 is 0.930 bits per heavy atom. The zero-order valence-corrected chi connectivity index (χ0v) is 30.9. The number of anilines is 4. The number of ketones is 1. The van der Waals surface area contributed by atoms with Crippen LogP contribution in [0.25, 0.3) is 11.2 Å². The fourth-order valence-electron chi connectivity index (χ4n) is 5.08. The van der Waals surface area contributed by atoms with Gasteiger partial charge in [0.25, 0.3) is 11.8 Å². The second kappa shape index (κ2) is 18.7. The quantitative estimate of drug-likeness (QED) is 0.0519. The number of hydrogen-bond donors (Lipinski definition) is 6. The van der Waals surface area contributed by atoms with Crippen molar-refractivity contribution in [1.29, 1.82) is 0 Å². The molecule has 57 heavy (non-hydrogen) atoms. The zero-order valence-electron chi connectivity index (χ0n) is 30.0. The molecule has 2 heterocycles. The van der Waals surface area contributed by atoms with Crippen LogP contribution in [0.3, 0.4) is 0 Å². The van der Waals surface area contributed by atoms with Gasteiger partial charge in [-0.1, -0.05) is 37.1 Å². The average Bonchev–Trinajstić information content (AvgIpc) is 3.19. The predicted molar refractivity (Wildman–Crippen MR) is 207 cm³/mol. The van der Waals surface area contributed by atoms with E-state index in [9.17, 15) is 28.5 Å². The number of phosphoric ester groups is 1. The molecule has 19 heteroatoms. The van der Waals surface area contributed by atoms with Crippen molar-refractivity contribution in [3.8, 4) is 25.1 Å². The summed E-state index contributed by atoms with van der Waals surface area (Å²) < 4.78 is 26.5. The molecule has 6 N–H and O–H groups in total. The van der Waals surface area contributed by atoms with Crippen LogP contribution in [0, 0.1) is 25.1 Å². The topological polar surface area (TPSA) is 253 Å². The predicted octanol–water partition coefficient (Wildman–Crippen LogP) is 4.71. The summed E-state index contributed by atoms with van der Waals surface area (Å²) in [4.78, 5) is 77.4. The molecule has 0 radical (unpaired) electrons. The number of phosphoric acid groups is 1. The van der Waals surface area contributed by atoms with Crippen LogP contribution < -0.4 is 26.8 Å². The molecule has 18 nitrogen and oxygen atoms in total. The van der Waals surface area contributed by atoms with Gasteiger partial charge < -0.3 is 40.4 Å². The van der Waals surface area contributed by atoms with Crippen LogP contribution in [0.1, 0.15) is 51.7 Å². The normalized spacial score (nSPS) is 11.3. The van der Waals surface area contributed by atoms with Crippen molar-refractivity contribution in [2.45, 2.75) is 39.0 Å². The van der Waals surface area contributed by atoms with Gasteiger partial charge in [0.2, 0.25) is 5.95 Å². The molecule has 0 aliphatic heterocycles. The third-order valence-corrected chi connectivity index (χ3v) is 9.00. The van der Waals surface area contributed by atoms with E-state index in [4.69, 9.17) is 22.5 Å². The van der Waals surface area contributed by atoms with Crippen LogP contribution in [-0.2, 0) is 40.9 Å². The molecular formula is C38H33N8O10P. The van der Waals surface area contributed by atoms with Gasteiger partial charge in [-0.2, -0.15) is 4.98 Å². The maximum absolute atomic E-state index is 13.3.